The van der Waals surface area contributed by atoms with Crippen LogP contribution in [0.3, 0.4) is 0 Å². The van der Waals surface area contributed by atoms with Crippen molar-refractivity contribution in [2.45, 2.75) is 0 Å². The fraction of sp³-hybridized carbons (Fsp3) is 0.214. The van der Waals surface area contributed by atoms with E-state index in [4.69, 9.17) is 9.47 Å². The highest BCUT2D eigenvalue weighted by Gasteiger charge is 2.08. The van der Waals surface area contributed by atoms with Crippen molar-refractivity contribution >= 4 is 17.9 Å². The van der Waals surface area contributed by atoms with E-state index >= 15 is 0 Å². The van der Waals surface area contributed by atoms with E-state index in [1.807, 2.05) is 10.1 Å². The number of hydrazone groups is 1. The number of ether oxygens (including phenoxy) is 2. The Hall–Kier alpha value is -3.63. The predicted molar refractivity (Wildman–Crippen MR) is 89.3 cm³/mol. The summed E-state index contributed by atoms with van der Waals surface area (Å²) in [6, 6.07) is 5.21. The van der Waals surface area contributed by atoms with Crippen molar-refractivity contribution in [1.82, 2.24) is 20.6 Å². The molecule has 0 fully saturated rings. The van der Waals surface area contributed by atoms with E-state index in [0.29, 0.717) is 17.1 Å². The summed E-state index contributed by atoms with van der Waals surface area (Å²) in [7, 11) is 3.01. The Kier molecular flexibility index (Phi) is 5.87. The first-order valence-electron chi connectivity index (χ1n) is 7.01. The summed E-state index contributed by atoms with van der Waals surface area (Å²) in [5, 5.41) is 11.8. The van der Waals surface area contributed by atoms with Crippen LogP contribution in [0.5, 0.6) is 11.5 Å². The lowest BCUT2D eigenvalue weighted by atomic mass is 10.2. The zero-order chi connectivity index (χ0) is 18.2. The fourth-order valence-corrected chi connectivity index (χ4v) is 1.86. The highest BCUT2D eigenvalue weighted by atomic mass is 16.5. The van der Waals surface area contributed by atoms with Crippen LogP contribution in [0.1, 0.15) is 5.56 Å². The lowest BCUT2D eigenvalue weighted by Gasteiger charge is -2.09. The van der Waals surface area contributed by atoms with Crippen molar-refractivity contribution in [2.75, 3.05) is 26.1 Å². The van der Waals surface area contributed by atoms with Gasteiger partial charge in [0, 0.05) is 5.56 Å². The first-order chi connectivity index (χ1) is 12.0. The number of para-hydroxylation sites is 1. The molecule has 132 valence electrons. The third-order valence-corrected chi connectivity index (χ3v) is 2.95. The minimum absolute atomic E-state index is 0.187. The molecule has 0 saturated carbocycles. The summed E-state index contributed by atoms with van der Waals surface area (Å²) in [5.74, 6) is 0.298. The minimum Gasteiger partial charge on any atom is -0.493 e. The number of aromatic nitrogens is 3. The van der Waals surface area contributed by atoms with E-state index < -0.39 is 17.2 Å². The van der Waals surface area contributed by atoms with Crippen LogP contribution in [0.4, 0.5) is 5.82 Å². The van der Waals surface area contributed by atoms with Gasteiger partial charge in [-0.3, -0.25) is 14.6 Å². The second-order valence-corrected chi connectivity index (χ2v) is 4.58. The Balaban J connectivity index is 1.95. The van der Waals surface area contributed by atoms with Gasteiger partial charge in [-0.15, -0.1) is 5.10 Å². The summed E-state index contributed by atoms with van der Waals surface area (Å²) >= 11 is 0. The monoisotopic (exact) mass is 348 g/mol. The van der Waals surface area contributed by atoms with Crippen molar-refractivity contribution in [2.24, 2.45) is 5.10 Å². The minimum atomic E-state index is -0.739. The Morgan fingerprint density at radius 2 is 2.12 bits per heavy atom. The molecule has 0 aliphatic carbocycles. The molecule has 0 atom stereocenters. The topological polar surface area (TPSA) is 151 Å². The van der Waals surface area contributed by atoms with Crippen LogP contribution >= 0.6 is 0 Å². The largest absolute Gasteiger partial charge is 0.493 e. The number of aromatic amines is 2. The second-order valence-electron chi connectivity index (χ2n) is 4.58. The summed E-state index contributed by atoms with van der Waals surface area (Å²) in [6.45, 7) is -0.269. The molecule has 2 rings (SSSR count). The Bertz CT molecular complexity index is 888. The molecule has 25 heavy (non-hydrogen) atoms. The van der Waals surface area contributed by atoms with Crippen molar-refractivity contribution < 1.29 is 14.3 Å². The third-order valence-electron chi connectivity index (χ3n) is 2.95. The highest BCUT2D eigenvalue weighted by molar-refractivity contribution is 5.87. The Labute approximate surface area is 141 Å². The van der Waals surface area contributed by atoms with Crippen LogP contribution in [0, 0.1) is 0 Å². The zero-order valence-corrected chi connectivity index (χ0v) is 13.5. The van der Waals surface area contributed by atoms with E-state index in [1.54, 1.807) is 18.2 Å². The number of hydrogen-bond acceptors (Lipinski definition) is 8. The molecule has 0 radical (unpaired) electrons. The maximum Gasteiger partial charge on any atom is 0.342 e. The number of amides is 1. The van der Waals surface area contributed by atoms with Gasteiger partial charge in [-0.25, -0.2) is 15.3 Å². The lowest BCUT2D eigenvalue weighted by Crippen LogP contribution is -2.31. The quantitative estimate of drug-likeness (QED) is 0.371. The van der Waals surface area contributed by atoms with Gasteiger partial charge in [-0.1, -0.05) is 6.07 Å². The summed E-state index contributed by atoms with van der Waals surface area (Å²) in [5.41, 5.74) is 1.41. The van der Waals surface area contributed by atoms with Crippen LogP contribution in [0.25, 0.3) is 0 Å². The van der Waals surface area contributed by atoms with Gasteiger partial charge in [0.2, 0.25) is 5.82 Å². The van der Waals surface area contributed by atoms with E-state index in [-0.39, 0.29) is 12.4 Å². The molecule has 0 bridgehead atoms. The molecule has 4 N–H and O–H groups in total. The molecule has 1 heterocycles. The van der Waals surface area contributed by atoms with Crippen LogP contribution in [0.2, 0.25) is 0 Å². The molecule has 2 aromatic rings. The van der Waals surface area contributed by atoms with Crippen molar-refractivity contribution in [3.63, 3.8) is 0 Å². The maximum atomic E-state index is 11.7. The molecule has 0 unspecified atom stereocenters. The maximum absolute atomic E-state index is 11.7. The van der Waals surface area contributed by atoms with E-state index in [1.165, 1.54) is 20.4 Å². The molecule has 0 aliphatic heterocycles. The van der Waals surface area contributed by atoms with Gasteiger partial charge in [0.25, 0.3) is 11.5 Å². The van der Waals surface area contributed by atoms with Gasteiger partial charge < -0.3 is 14.8 Å². The molecule has 1 amide bonds. The van der Waals surface area contributed by atoms with E-state index in [9.17, 15) is 14.4 Å². The third kappa shape index (κ3) is 4.67. The fourth-order valence-electron chi connectivity index (χ4n) is 1.86. The van der Waals surface area contributed by atoms with Crippen LogP contribution in [0.15, 0.2) is 32.9 Å². The number of carbonyl (C=O) groups excluding carboxylic acids is 1. The Morgan fingerprint density at radius 1 is 1.32 bits per heavy atom. The number of nitrogens with zero attached hydrogens (tertiary/aromatic N) is 2. The van der Waals surface area contributed by atoms with E-state index in [0.717, 1.165) is 0 Å². The number of methoxy groups -OCH3 is 2. The smallest absolute Gasteiger partial charge is 0.342 e. The second kappa shape index (κ2) is 8.29. The van der Waals surface area contributed by atoms with Crippen molar-refractivity contribution in [3.8, 4) is 11.5 Å². The molecule has 0 spiro atoms. The Morgan fingerprint density at radius 3 is 2.80 bits per heavy atom. The molecule has 0 saturated heterocycles. The molecule has 11 nitrogen and oxygen atoms in total. The molecule has 1 aromatic carbocycles. The van der Waals surface area contributed by atoms with Crippen LogP contribution in [-0.2, 0) is 4.79 Å². The highest BCUT2D eigenvalue weighted by Crippen LogP contribution is 2.29. The summed E-state index contributed by atoms with van der Waals surface area (Å²) in [6.07, 6.45) is 1.39. The normalized spacial score (nSPS) is 10.5. The summed E-state index contributed by atoms with van der Waals surface area (Å²) < 4.78 is 10.4. The number of carbonyl (C=O) groups is 1. The van der Waals surface area contributed by atoms with Crippen LogP contribution in [-0.4, -0.2) is 48.1 Å². The average Bonchev–Trinajstić information content (AvgIpc) is 2.60. The molecular weight excluding hydrogens is 332 g/mol. The number of nitrogens with one attached hydrogen (secondary N) is 4. The van der Waals surface area contributed by atoms with Gasteiger partial charge in [0.05, 0.1) is 27.0 Å². The van der Waals surface area contributed by atoms with Gasteiger partial charge in [-0.2, -0.15) is 5.10 Å². The van der Waals surface area contributed by atoms with Gasteiger partial charge in [0.15, 0.2) is 11.5 Å². The van der Waals surface area contributed by atoms with Crippen molar-refractivity contribution in [3.05, 3.63) is 44.6 Å². The standard InChI is InChI=1S/C14H16N6O5/c1-24-9-5-3-4-8(11(9)25-2)6-16-18-10(21)7-15-12-13(22)17-14(23)20-19-12/h3-6H,7H2,1-2H3,(H,15,19)(H,18,21)(H2,17,20,22,23). The summed E-state index contributed by atoms with van der Waals surface area (Å²) in [4.78, 5) is 35.9. The van der Waals surface area contributed by atoms with Gasteiger partial charge in [0.1, 0.15) is 0 Å². The van der Waals surface area contributed by atoms with Crippen molar-refractivity contribution in [1.29, 1.82) is 0 Å². The van der Waals surface area contributed by atoms with Gasteiger partial charge in [-0.05, 0) is 12.1 Å². The van der Waals surface area contributed by atoms with E-state index in [2.05, 4.69) is 20.9 Å². The number of benzene rings is 1. The molecule has 1 aromatic heterocycles. The zero-order valence-electron chi connectivity index (χ0n) is 13.5. The lowest BCUT2D eigenvalue weighted by molar-refractivity contribution is -0.119. The SMILES string of the molecule is COc1cccc(C=NNC(=O)CNc2n[nH]c(=O)[nH]c2=O)c1OC. The molecule has 0 aliphatic rings. The number of rotatable bonds is 7. The number of hydrogen-bond donors (Lipinski definition) is 4. The first-order valence-corrected chi connectivity index (χ1v) is 7.01. The molecular formula is C14H16N6O5. The van der Waals surface area contributed by atoms with Crippen LogP contribution < -0.4 is 31.5 Å². The molecule has 11 heteroatoms. The number of anilines is 1. The van der Waals surface area contributed by atoms with Gasteiger partial charge >= 0.3 is 5.69 Å². The predicted octanol–water partition coefficient (Wildman–Crippen LogP) is -0.962. The average molecular weight is 348 g/mol. The number of H-pyrrole nitrogens is 2. The first kappa shape index (κ1) is 17.7.